The number of nitrogens with zero attached hydrogens (tertiary/aromatic N) is 3. The molecule has 1 aromatic heterocycles. The number of aromatic nitrogens is 1. The molecule has 6 heteroatoms. The Morgan fingerprint density at radius 3 is 2.33 bits per heavy atom. The van der Waals surface area contributed by atoms with Gasteiger partial charge < -0.3 is 19.7 Å². The van der Waals surface area contributed by atoms with E-state index >= 15 is 0 Å². The van der Waals surface area contributed by atoms with E-state index in [1.807, 2.05) is 66.8 Å². The van der Waals surface area contributed by atoms with Gasteiger partial charge >= 0.3 is 6.03 Å². The van der Waals surface area contributed by atoms with Crippen molar-refractivity contribution in [3.63, 3.8) is 0 Å². The average Bonchev–Trinajstić information content (AvgIpc) is 2.87. The highest BCUT2D eigenvalue weighted by Gasteiger charge is 2.24. The van der Waals surface area contributed by atoms with Gasteiger partial charge in [0, 0.05) is 51.2 Å². The summed E-state index contributed by atoms with van der Waals surface area (Å²) in [5.74, 6) is 0.0581. The zero-order chi connectivity index (χ0) is 19.4. The van der Waals surface area contributed by atoms with Gasteiger partial charge in [0.25, 0.3) is 5.91 Å². The fraction of sp³-hybridized carbons (Fsp3) is 0.429. The summed E-state index contributed by atoms with van der Waals surface area (Å²) in [5.41, 5.74) is 3.90. The minimum absolute atomic E-state index is 0.0581. The Bertz CT molecular complexity index is 813. The molecule has 0 radical (unpaired) electrons. The van der Waals surface area contributed by atoms with E-state index < -0.39 is 0 Å². The molecule has 3 amide bonds. The van der Waals surface area contributed by atoms with Gasteiger partial charge in [-0.05, 0) is 31.9 Å². The lowest BCUT2D eigenvalue weighted by Gasteiger charge is -2.22. The van der Waals surface area contributed by atoms with Crippen molar-refractivity contribution in [3.05, 3.63) is 58.9 Å². The zero-order valence-electron chi connectivity index (χ0n) is 16.4. The van der Waals surface area contributed by atoms with E-state index in [2.05, 4.69) is 5.32 Å². The van der Waals surface area contributed by atoms with Crippen LogP contribution in [-0.2, 0) is 13.6 Å². The Hall–Kier alpha value is -2.76. The van der Waals surface area contributed by atoms with Crippen LogP contribution in [0.25, 0.3) is 0 Å². The summed E-state index contributed by atoms with van der Waals surface area (Å²) in [6.07, 6.45) is 0.787. The largest absolute Gasteiger partial charge is 0.351 e. The van der Waals surface area contributed by atoms with E-state index in [4.69, 9.17) is 0 Å². The first-order valence-corrected chi connectivity index (χ1v) is 9.46. The molecule has 1 fully saturated rings. The summed E-state index contributed by atoms with van der Waals surface area (Å²) in [4.78, 5) is 29.1. The highest BCUT2D eigenvalue weighted by molar-refractivity contribution is 5.95. The van der Waals surface area contributed by atoms with Crippen LogP contribution in [0.4, 0.5) is 4.79 Å². The normalized spacial score (nSPS) is 14.8. The predicted molar refractivity (Wildman–Crippen MR) is 106 cm³/mol. The molecule has 0 unspecified atom stereocenters. The maximum atomic E-state index is 12.9. The molecule has 27 heavy (non-hydrogen) atoms. The lowest BCUT2D eigenvalue weighted by molar-refractivity contribution is 0.0761. The van der Waals surface area contributed by atoms with Gasteiger partial charge in [-0.3, -0.25) is 4.79 Å². The van der Waals surface area contributed by atoms with Crippen molar-refractivity contribution in [3.8, 4) is 0 Å². The summed E-state index contributed by atoms with van der Waals surface area (Å²) < 4.78 is 2.04. The predicted octanol–water partition coefficient (Wildman–Crippen LogP) is 2.70. The number of rotatable bonds is 3. The average molecular weight is 368 g/mol. The van der Waals surface area contributed by atoms with Crippen LogP contribution in [0, 0.1) is 13.8 Å². The van der Waals surface area contributed by atoms with Crippen molar-refractivity contribution in [1.29, 1.82) is 0 Å². The molecule has 0 saturated carbocycles. The monoisotopic (exact) mass is 368 g/mol. The lowest BCUT2D eigenvalue weighted by atomic mass is 10.2. The number of carbonyl (C=O) groups excluding carboxylic acids is 2. The Labute approximate surface area is 160 Å². The molecular formula is C21H28N4O2. The van der Waals surface area contributed by atoms with Gasteiger partial charge in [-0.15, -0.1) is 0 Å². The quantitative estimate of drug-likeness (QED) is 0.906. The van der Waals surface area contributed by atoms with Gasteiger partial charge in [-0.2, -0.15) is 0 Å². The lowest BCUT2D eigenvalue weighted by Crippen LogP contribution is -2.42. The minimum Gasteiger partial charge on any atom is -0.351 e. The van der Waals surface area contributed by atoms with Crippen molar-refractivity contribution >= 4 is 11.9 Å². The molecule has 1 aromatic carbocycles. The first kappa shape index (κ1) is 19.0. The van der Waals surface area contributed by atoms with E-state index in [0.717, 1.165) is 28.9 Å². The number of urea groups is 1. The Balaban J connectivity index is 1.57. The van der Waals surface area contributed by atoms with Crippen molar-refractivity contribution < 1.29 is 9.59 Å². The molecule has 2 aromatic rings. The third-order valence-corrected chi connectivity index (χ3v) is 5.36. The summed E-state index contributed by atoms with van der Waals surface area (Å²) in [7, 11) is 1.97. The second kappa shape index (κ2) is 8.29. The second-order valence-electron chi connectivity index (χ2n) is 7.12. The number of aryl methyl sites for hydroxylation is 1. The fourth-order valence-electron chi connectivity index (χ4n) is 3.45. The van der Waals surface area contributed by atoms with Crippen molar-refractivity contribution in [2.45, 2.75) is 26.8 Å². The van der Waals surface area contributed by atoms with E-state index in [9.17, 15) is 9.59 Å². The van der Waals surface area contributed by atoms with Crippen molar-refractivity contribution in [2.75, 3.05) is 26.2 Å². The fourth-order valence-corrected chi connectivity index (χ4v) is 3.45. The molecule has 144 valence electrons. The molecule has 3 rings (SSSR count). The van der Waals surface area contributed by atoms with Gasteiger partial charge in [-0.25, -0.2) is 4.79 Å². The van der Waals surface area contributed by atoms with Gasteiger partial charge in [0.2, 0.25) is 0 Å². The Morgan fingerprint density at radius 2 is 1.67 bits per heavy atom. The highest BCUT2D eigenvalue weighted by Crippen LogP contribution is 2.17. The zero-order valence-corrected chi connectivity index (χ0v) is 16.4. The van der Waals surface area contributed by atoms with E-state index in [1.165, 1.54) is 0 Å². The molecule has 1 aliphatic heterocycles. The number of hydrogen-bond donors (Lipinski definition) is 1. The maximum Gasteiger partial charge on any atom is 0.317 e. The molecule has 1 aliphatic rings. The van der Waals surface area contributed by atoms with E-state index in [1.54, 1.807) is 4.90 Å². The van der Waals surface area contributed by atoms with Crippen LogP contribution in [0.1, 0.15) is 33.7 Å². The molecule has 0 atom stereocenters. The molecular weight excluding hydrogens is 340 g/mol. The molecule has 0 bridgehead atoms. The van der Waals surface area contributed by atoms with Crippen LogP contribution in [0.5, 0.6) is 0 Å². The molecule has 6 nitrogen and oxygen atoms in total. The Morgan fingerprint density at radius 1 is 1.00 bits per heavy atom. The summed E-state index contributed by atoms with van der Waals surface area (Å²) in [6, 6.07) is 11.8. The SMILES string of the molecule is Cc1cc(C(=O)N2CCCN(C(=O)NCc3ccccc3)CC2)c(C)n1C. The topological polar surface area (TPSA) is 57.6 Å². The van der Waals surface area contributed by atoms with Gasteiger partial charge in [0.15, 0.2) is 0 Å². The smallest absolute Gasteiger partial charge is 0.317 e. The first-order valence-electron chi connectivity index (χ1n) is 9.46. The van der Waals surface area contributed by atoms with E-state index in [0.29, 0.717) is 32.7 Å². The Kier molecular flexibility index (Phi) is 5.84. The summed E-state index contributed by atoms with van der Waals surface area (Å²) >= 11 is 0. The van der Waals surface area contributed by atoms with Crippen LogP contribution < -0.4 is 5.32 Å². The second-order valence-corrected chi connectivity index (χ2v) is 7.12. The maximum absolute atomic E-state index is 12.9. The molecule has 0 aliphatic carbocycles. The first-order chi connectivity index (χ1) is 13.0. The van der Waals surface area contributed by atoms with Crippen LogP contribution in [0.2, 0.25) is 0 Å². The molecule has 0 spiro atoms. The standard InChI is InChI=1S/C21H28N4O2/c1-16-14-19(17(2)23(16)3)20(26)24-10-7-11-25(13-12-24)21(27)22-15-18-8-5-4-6-9-18/h4-6,8-9,14H,7,10-13,15H2,1-3H3,(H,22,27). The van der Waals surface area contributed by atoms with Crippen LogP contribution in [0.15, 0.2) is 36.4 Å². The summed E-state index contributed by atoms with van der Waals surface area (Å²) in [5, 5.41) is 2.97. The van der Waals surface area contributed by atoms with Crippen LogP contribution >= 0.6 is 0 Å². The number of benzene rings is 1. The molecule has 1 N–H and O–H groups in total. The number of nitrogens with one attached hydrogen (secondary N) is 1. The van der Waals surface area contributed by atoms with Gasteiger partial charge in [-0.1, -0.05) is 30.3 Å². The van der Waals surface area contributed by atoms with Crippen LogP contribution in [0.3, 0.4) is 0 Å². The van der Waals surface area contributed by atoms with Crippen molar-refractivity contribution in [1.82, 2.24) is 19.7 Å². The molecule has 1 saturated heterocycles. The number of carbonyl (C=O) groups is 2. The number of hydrogen-bond acceptors (Lipinski definition) is 2. The van der Waals surface area contributed by atoms with Gasteiger partial charge in [0.1, 0.15) is 0 Å². The highest BCUT2D eigenvalue weighted by atomic mass is 16.2. The van der Waals surface area contributed by atoms with Crippen molar-refractivity contribution in [2.24, 2.45) is 7.05 Å². The van der Waals surface area contributed by atoms with Crippen LogP contribution in [-0.4, -0.2) is 52.5 Å². The molecule has 2 heterocycles. The van der Waals surface area contributed by atoms with Gasteiger partial charge in [0.05, 0.1) is 5.56 Å². The van der Waals surface area contributed by atoms with E-state index in [-0.39, 0.29) is 11.9 Å². The number of amides is 3. The minimum atomic E-state index is -0.0695. The summed E-state index contributed by atoms with van der Waals surface area (Å²) in [6.45, 7) is 6.95. The third kappa shape index (κ3) is 4.32. The third-order valence-electron chi connectivity index (χ3n) is 5.36.